The number of aliphatic carboxylic acids is 1. The highest BCUT2D eigenvalue weighted by Crippen LogP contribution is 2.30. The molecule has 0 heterocycles. The number of hydrogen-bond donors (Lipinski definition) is 2. The van der Waals surface area contributed by atoms with Crippen LogP contribution in [-0.2, 0) is 17.6 Å². The smallest absolute Gasteiger partial charge is 0.307 e. The Bertz CT molecular complexity index is 554. The largest absolute Gasteiger partial charge is 0.508 e. The van der Waals surface area contributed by atoms with E-state index in [0.29, 0.717) is 11.3 Å². The Hall–Kier alpha value is -1.71. The Kier molecular flexibility index (Phi) is 13.2. The first-order valence-electron chi connectivity index (χ1n) is 11.2. The number of hydrogen-bond acceptors (Lipinski definition) is 3. The van der Waals surface area contributed by atoms with Crippen molar-refractivity contribution in [2.24, 2.45) is 0 Å². The van der Waals surface area contributed by atoms with E-state index in [1.165, 1.54) is 83.8 Å². The van der Waals surface area contributed by atoms with Crippen molar-refractivity contribution in [2.75, 3.05) is 7.11 Å². The summed E-state index contributed by atoms with van der Waals surface area (Å²) >= 11 is 0. The zero-order valence-electron chi connectivity index (χ0n) is 18.0. The molecule has 0 unspecified atom stereocenters. The van der Waals surface area contributed by atoms with E-state index in [0.717, 1.165) is 24.8 Å². The molecular weight excluding hydrogens is 352 g/mol. The number of benzene rings is 1. The van der Waals surface area contributed by atoms with Gasteiger partial charge >= 0.3 is 5.97 Å². The molecule has 0 aliphatic carbocycles. The quantitative estimate of drug-likeness (QED) is 0.291. The molecule has 0 fully saturated rings. The van der Waals surface area contributed by atoms with Gasteiger partial charge in [0, 0.05) is 11.6 Å². The molecule has 0 atom stereocenters. The van der Waals surface area contributed by atoms with Gasteiger partial charge < -0.3 is 14.9 Å². The van der Waals surface area contributed by atoms with Gasteiger partial charge in [0.15, 0.2) is 0 Å². The second-order valence-corrected chi connectivity index (χ2v) is 7.85. The molecule has 160 valence electrons. The van der Waals surface area contributed by atoms with Gasteiger partial charge in [0.25, 0.3) is 0 Å². The van der Waals surface area contributed by atoms with E-state index in [1.807, 2.05) is 0 Å². The van der Waals surface area contributed by atoms with E-state index < -0.39 is 5.97 Å². The number of methoxy groups -OCH3 is 1. The average molecular weight is 393 g/mol. The van der Waals surface area contributed by atoms with Crippen LogP contribution in [0.1, 0.15) is 102 Å². The van der Waals surface area contributed by atoms with E-state index in [4.69, 9.17) is 9.84 Å². The summed E-state index contributed by atoms with van der Waals surface area (Å²) in [4.78, 5) is 11.1. The maximum Gasteiger partial charge on any atom is 0.307 e. The third-order valence-electron chi connectivity index (χ3n) is 5.38. The van der Waals surface area contributed by atoms with Crippen molar-refractivity contribution in [3.8, 4) is 11.5 Å². The number of phenolic OH excluding ortho intramolecular Hbond substituents is 1. The van der Waals surface area contributed by atoms with Gasteiger partial charge in [0.05, 0.1) is 13.5 Å². The lowest BCUT2D eigenvalue weighted by Gasteiger charge is -2.13. The van der Waals surface area contributed by atoms with Crippen LogP contribution in [0.5, 0.6) is 11.5 Å². The molecule has 2 N–H and O–H groups in total. The first-order chi connectivity index (χ1) is 13.6. The predicted octanol–water partition coefficient (Wildman–Crippen LogP) is 6.66. The highest BCUT2D eigenvalue weighted by atomic mass is 16.5. The van der Waals surface area contributed by atoms with Crippen LogP contribution in [0, 0.1) is 0 Å². The molecule has 1 aromatic carbocycles. The Labute approximate surface area is 171 Å². The number of carboxylic acids is 1. The van der Waals surface area contributed by atoms with Crippen LogP contribution >= 0.6 is 0 Å². The predicted molar refractivity (Wildman–Crippen MR) is 115 cm³/mol. The summed E-state index contributed by atoms with van der Waals surface area (Å²) in [6.45, 7) is 2.26. The normalized spacial score (nSPS) is 10.9. The first kappa shape index (κ1) is 24.3. The van der Waals surface area contributed by atoms with Crippen LogP contribution in [0.15, 0.2) is 12.1 Å². The zero-order chi connectivity index (χ0) is 20.6. The van der Waals surface area contributed by atoms with E-state index in [-0.39, 0.29) is 12.2 Å². The topological polar surface area (TPSA) is 66.8 Å². The van der Waals surface area contributed by atoms with Crippen molar-refractivity contribution in [1.29, 1.82) is 0 Å². The Morgan fingerprint density at radius 2 is 1.36 bits per heavy atom. The molecule has 0 saturated carbocycles. The van der Waals surface area contributed by atoms with Crippen molar-refractivity contribution in [3.63, 3.8) is 0 Å². The standard InChI is InChI=1S/C24H40O4/c1-3-4-5-6-7-8-9-10-11-12-13-14-15-16-20-17-21(25)18-23(28-2)22(20)19-24(26)27/h17-18,25H,3-16,19H2,1-2H3,(H,26,27). The number of phenols is 1. The van der Waals surface area contributed by atoms with Gasteiger partial charge in [0.2, 0.25) is 0 Å². The number of carbonyl (C=O) groups is 1. The molecule has 4 nitrogen and oxygen atoms in total. The Balaban J connectivity index is 2.19. The number of rotatable bonds is 17. The van der Waals surface area contributed by atoms with Crippen LogP contribution < -0.4 is 4.74 Å². The lowest BCUT2D eigenvalue weighted by Crippen LogP contribution is -2.06. The number of ether oxygens (including phenoxy) is 1. The van der Waals surface area contributed by atoms with E-state index in [2.05, 4.69) is 6.92 Å². The summed E-state index contributed by atoms with van der Waals surface area (Å²) in [6, 6.07) is 3.17. The zero-order valence-corrected chi connectivity index (χ0v) is 18.0. The van der Waals surface area contributed by atoms with E-state index >= 15 is 0 Å². The summed E-state index contributed by atoms with van der Waals surface area (Å²) in [5.74, 6) is -0.279. The maximum absolute atomic E-state index is 11.1. The summed E-state index contributed by atoms with van der Waals surface area (Å²) in [6.07, 6.45) is 17.7. The van der Waals surface area contributed by atoms with Crippen LogP contribution in [-0.4, -0.2) is 23.3 Å². The van der Waals surface area contributed by atoms with Gasteiger partial charge in [-0.05, 0) is 24.5 Å². The van der Waals surface area contributed by atoms with Gasteiger partial charge in [-0.2, -0.15) is 0 Å². The summed E-state index contributed by atoms with van der Waals surface area (Å²) in [5, 5.41) is 19.0. The molecule has 0 spiro atoms. The lowest BCUT2D eigenvalue weighted by atomic mass is 9.97. The second kappa shape index (κ2) is 15.2. The monoisotopic (exact) mass is 392 g/mol. The van der Waals surface area contributed by atoms with Crippen LogP contribution in [0.3, 0.4) is 0 Å². The van der Waals surface area contributed by atoms with Crippen molar-refractivity contribution < 1.29 is 19.7 Å². The summed E-state index contributed by atoms with van der Waals surface area (Å²) < 4.78 is 5.26. The SMILES string of the molecule is CCCCCCCCCCCCCCCc1cc(O)cc(OC)c1CC(=O)O. The number of unbranched alkanes of at least 4 members (excludes halogenated alkanes) is 12. The molecule has 0 radical (unpaired) electrons. The van der Waals surface area contributed by atoms with Crippen molar-refractivity contribution >= 4 is 5.97 Å². The number of aromatic hydroxyl groups is 1. The van der Waals surface area contributed by atoms with Crippen LogP contribution in [0.25, 0.3) is 0 Å². The maximum atomic E-state index is 11.1. The van der Waals surface area contributed by atoms with Crippen molar-refractivity contribution in [3.05, 3.63) is 23.3 Å². The highest BCUT2D eigenvalue weighted by molar-refractivity contribution is 5.72. The minimum absolute atomic E-state index is 0.0722. The minimum atomic E-state index is -0.879. The molecule has 0 aromatic heterocycles. The number of aryl methyl sites for hydroxylation is 1. The fourth-order valence-corrected chi connectivity index (χ4v) is 3.78. The fraction of sp³-hybridized carbons (Fsp3) is 0.708. The van der Waals surface area contributed by atoms with Crippen molar-refractivity contribution in [1.82, 2.24) is 0 Å². The van der Waals surface area contributed by atoms with E-state index in [1.54, 1.807) is 6.07 Å². The summed E-state index contributed by atoms with van der Waals surface area (Å²) in [7, 11) is 1.51. The number of carboxylic acid groups (broad SMARTS) is 1. The summed E-state index contributed by atoms with van der Waals surface area (Å²) in [5.41, 5.74) is 1.58. The van der Waals surface area contributed by atoms with Crippen molar-refractivity contribution in [2.45, 2.75) is 103 Å². The fourth-order valence-electron chi connectivity index (χ4n) is 3.78. The third-order valence-corrected chi connectivity index (χ3v) is 5.38. The Morgan fingerprint density at radius 1 is 0.857 bits per heavy atom. The minimum Gasteiger partial charge on any atom is -0.508 e. The van der Waals surface area contributed by atoms with E-state index in [9.17, 15) is 9.90 Å². The molecule has 1 rings (SSSR count). The van der Waals surface area contributed by atoms with Gasteiger partial charge in [-0.25, -0.2) is 0 Å². The average Bonchev–Trinajstić information content (AvgIpc) is 2.66. The first-order valence-corrected chi connectivity index (χ1v) is 11.2. The molecule has 0 aliphatic rings. The van der Waals surface area contributed by atoms with Crippen LogP contribution in [0.4, 0.5) is 0 Å². The molecule has 1 aromatic rings. The van der Waals surface area contributed by atoms with Crippen LogP contribution in [0.2, 0.25) is 0 Å². The lowest BCUT2D eigenvalue weighted by molar-refractivity contribution is -0.136. The second-order valence-electron chi connectivity index (χ2n) is 7.85. The molecule has 0 amide bonds. The molecule has 28 heavy (non-hydrogen) atoms. The third kappa shape index (κ3) is 10.6. The van der Waals surface area contributed by atoms with Gasteiger partial charge in [-0.1, -0.05) is 84.0 Å². The van der Waals surface area contributed by atoms with Gasteiger partial charge in [-0.15, -0.1) is 0 Å². The van der Waals surface area contributed by atoms with Gasteiger partial charge in [0.1, 0.15) is 11.5 Å². The van der Waals surface area contributed by atoms with Gasteiger partial charge in [-0.3, -0.25) is 4.79 Å². The molecular formula is C24H40O4. The molecule has 0 saturated heterocycles. The highest BCUT2D eigenvalue weighted by Gasteiger charge is 2.14. The Morgan fingerprint density at radius 3 is 1.82 bits per heavy atom. The molecule has 0 bridgehead atoms. The molecule has 4 heteroatoms. The molecule has 0 aliphatic heterocycles.